The first-order valence-electron chi connectivity index (χ1n) is 8.62. The van der Waals surface area contributed by atoms with E-state index in [0.29, 0.717) is 0 Å². The number of anilines is 1. The topological polar surface area (TPSA) is 6.25 Å². The van der Waals surface area contributed by atoms with E-state index in [1.165, 1.54) is 33.7 Å². The minimum Gasteiger partial charge on any atom is -0.378 e. The largest absolute Gasteiger partial charge is 0.378 e. The van der Waals surface area contributed by atoms with Crippen molar-refractivity contribution in [2.24, 2.45) is 0 Å². The molecule has 0 unspecified atom stereocenters. The van der Waals surface area contributed by atoms with E-state index < -0.39 is 0 Å². The molecule has 1 aliphatic rings. The SMILES string of the molecule is CC1=CC(=[N+](C)C)C=C/C1=C/C=C/C=C/c1ccc(N(C)C)cc1C. The zero-order valence-electron chi connectivity index (χ0n) is 16.2. The van der Waals surface area contributed by atoms with E-state index in [1.807, 2.05) is 0 Å². The molecule has 25 heavy (non-hydrogen) atoms. The average Bonchev–Trinajstić information content (AvgIpc) is 2.56. The van der Waals surface area contributed by atoms with Gasteiger partial charge in [-0.3, -0.25) is 0 Å². The number of hydrogen-bond acceptors (Lipinski definition) is 1. The Bertz CT molecular complexity index is 808. The van der Waals surface area contributed by atoms with Crippen molar-refractivity contribution in [1.29, 1.82) is 0 Å². The van der Waals surface area contributed by atoms with Crippen molar-refractivity contribution in [2.45, 2.75) is 13.8 Å². The minimum absolute atomic E-state index is 1.23. The molecule has 1 aliphatic carbocycles. The van der Waals surface area contributed by atoms with Crippen LogP contribution in [0.1, 0.15) is 18.1 Å². The number of benzene rings is 1. The predicted octanol–water partition coefficient (Wildman–Crippen LogP) is 4.79. The summed E-state index contributed by atoms with van der Waals surface area (Å²) in [5, 5.41) is 0. The molecule has 0 bridgehead atoms. The molecule has 0 N–H and O–H groups in total. The molecule has 0 saturated carbocycles. The number of aryl methyl sites for hydroxylation is 1. The zero-order chi connectivity index (χ0) is 18.4. The fourth-order valence-corrected chi connectivity index (χ4v) is 2.63. The molecule has 0 amide bonds. The summed E-state index contributed by atoms with van der Waals surface area (Å²) >= 11 is 0. The maximum absolute atomic E-state index is 2.21. The van der Waals surface area contributed by atoms with E-state index in [4.69, 9.17) is 0 Å². The highest BCUT2D eigenvalue weighted by Gasteiger charge is 2.08. The van der Waals surface area contributed by atoms with Gasteiger partial charge in [0.2, 0.25) is 0 Å². The first-order valence-corrected chi connectivity index (χ1v) is 8.62. The maximum Gasteiger partial charge on any atom is 0.199 e. The Morgan fingerprint density at radius 3 is 2.32 bits per heavy atom. The molecule has 0 saturated heterocycles. The second kappa shape index (κ2) is 8.48. The molecule has 1 aromatic rings. The van der Waals surface area contributed by atoms with Crippen LogP contribution in [0.2, 0.25) is 0 Å². The average molecular weight is 333 g/mol. The summed E-state index contributed by atoms with van der Waals surface area (Å²) in [6, 6.07) is 6.53. The third-order valence-electron chi connectivity index (χ3n) is 4.31. The minimum atomic E-state index is 1.23. The molecule has 0 aromatic heterocycles. The van der Waals surface area contributed by atoms with Crippen LogP contribution in [0.3, 0.4) is 0 Å². The van der Waals surface area contributed by atoms with Crippen LogP contribution in [-0.2, 0) is 0 Å². The lowest BCUT2D eigenvalue weighted by Gasteiger charge is -2.13. The van der Waals surface area contributed by atoms with E-state index in [1.54, 1.807) is 0 Å². The van der Waals surface area contributed by atoms with E-state index in [-0.39, 0.29) is 0 Å². The predicted molar refractivity (Wildman–Crippen MR) is 112 cm³/mol. The highest BCUT2D eigenvalue weighted by molar-refractivity contribution is 6.03. The van der Waals surface area contributed by atoms with Gasteiger partial charge in [-0.25, -0.2) is 4.58 Å². The number of hydrogen-bond donors (Lipinski definition) is 0. The Balaban J connectivity index is 2.05. The van der Waals surface area contributed by atoms with Crippen molar-refractivity contribution < 1.29 is 4.58 Å². The van der Waals surface area contributed by atoms with Crippen molar-refractivity contribution >= 4 is 17.5 Å². The first kappa shape index (κ1) is 18.7. The van der Waals surface area contributed by atoms with Gasteiger partial charge in [-0.15, -0.1) is 0 Å². The first-order chi connectivity index (χ1) is 11.9. The van der Waals surface area contributed by atoms with Gasteiger partial charge in [0, 0.05) is 31.9 Å². The summed E-state index contributed by atoms with van der Waals surface area (Å²) in [4.78, 5) is 2.12. The van der Waals surface area contributed by atoms with Gasteiger partial charge in [-0.05, 0) is 54.3 Å². The Labute approximate surface area is 152 Å². The van der Waals surface area contributed by atoms with E-state index in [9.17, 15) is 0 Å². The molecule has 0 spiro atoms. The molecule has 1 aromatic carbocycles. The summed E-state index contributed by atoms with van der Waals surface area (Å²) < 4.78 is 2.12. The summed E-state index contributed by atoms with van der Waals surface area (Å²) in [5.41, 5.74) is 7.54. The second-order valence-corrected chi connectivity index (χ2v) is 6.78. The molecule has 0 radical (unpaired) electrons. The highest BCUT2D eigenvalue weighted by Crippen LogP contribution is 2.19. The fourth-order valence-electron chi connectivity index (χ4n) is 2.63. The summed E-state index contributed by atoms with van der Waals surface area (Å²) in [5.74, 6) is 0. The molecule has 2 nitrogen and oxygen atoms in total. The van der Waals surface area contributed by atoms with E-state index in [2.05, 4.69) is 118 Å². The Morgan fingerprint density at radius 2 is 1.72 bits per heavy atom. The van der Waals surface area contributed by atoms with Gasteiger partial charge >= 0.3 is 0 Å². The van der Waals surface area contributed by atoms with Gasteiger partial charge in [-0.2, -0.15) is 0 Å². The smallest absolute Gasteiger partial charge is 0.199 e. The van der Waals surface area contributed by atoms with Crippen molar-refractivity contribution in [3.63, 3.8) is 0 Å². The van der Waals surface area contributed by atoms with Gasteiger partial charge in [0.05, 0.1) is 0 Å². The third-order valence-corrected chi connectivity index (χ3v) is 4.31. The Hall–Kier alpha value is -2.61. The van der Waals surface area contributed by atoms with Crippen LogP contribution >= 0.6 is 0 Å². The molecule has 0 heterocycles. The highest BCUT2D eigenvalue weighted by atomic mass is 15.1. The summed E-state index contributed by atoms with van der Waals surface area (Å²) in [6.45, 7) is 4.30. The Kier molecular flexibility index (Phi) is 6.35. The van der Waals surface area contributed by atoms with E-state index >= 15 is 0 Å². The van der Waals surface area contributed by atoms with Gasteiger partial charge in [0.25, 0.3) is 0 Å². The zero-order valence-corrected chi connectivity index (χ0v) is 16.2. The number of nitrogens with zero attached hydrogens (tertiary/aromatic N) is 2. The van der Waals surface area contributed by atoms with Crippen LogP contribution in [0, 0.1) is 6.92 Å². The quantitative estimate of drug-likeness (QED) is 0.567. The molecule has 130 valence electrons. The van der Waals surface area contributed by atoms with Crippen molar-refractivity contribution in [3.05, 3.63) is 83.0 Å². The number of allylic oxidation sites excluding steroid dienone is 9. The lowest BCUT2D eigenvalue weighted by molar-refractivity contribution is -0.462. The molecular formula is C23H29N2+. The summed E-state index contributed by atoms with van der Waals surface area (Å²) in [7, 11) is 8.26. The second-order valence-electron chi connectivity index (χ2n) is 6.78. The van der Waals surface area contributed by atoms with Crippen LogP contribution < -0.4 is 4.90 Å². The number of rotatable bonds is 4. The molecular weight excluding hydrogens is 304 g/mol. The van der Waals surface area contributed by atoms with Gasteiger partial charge < -0.3 is 4.90 Å². The third kappa shape index (κ3) is 5.18. The lowest BCUT2D eigenvalue weighted by Crippen LogP contribution is -2.11. The van der Waals surface area contributed by atoms with Crippen LogP contribution in [-0.4, -0.2) is 38.5 Å². The van der Waals surface area contributed by atoms with Crippen molar-refractivity contribution in [3.8, 4) is 0 Å². The summed E-state index contributed by atoms with van der Waals surface area (Å²) in [6.07, 6.45) is 17.1. The van der Waals surface area contributed by atoms with Crippen molar-refractivity contribution in [2.75, 3.05) is 33.1 Å². The Morgan fingerprint density at radius 1 is 0.960 bits per heavy atom. The normalized spacial score (nSPS) is 16.2. The monoisotopic (exact) mass is 333 g/mol. The van der Waals surface area contributed by atoms with Crippen LogP contribution in [0.5, 0.6) is 0 Å². The molecule has 2 rings (SSSR count). The van der Waals surface area contributed by atoms with Gasteiger partial charge in [0.15, 0.2) is 5.71 Å². The lowest BCUT2D eigenvalue weighted by atomic mass is 9.99. The standard InChI is InChI=1S/C23H29N2/c1-18-16-22(24(3)4)14-12-20(18)10-8-7-9-11-21-13-15-23(25(5)6)17-19(21)2/h7-17H,1-6H3/q+1. The fraction of sp³-hybridized carbons (Fsp3) is 0.261. The molecule has 0 fully saturated rings. The molecule has 0 aliphatic heterocycles. The van der Waals surface area contributed by atoms with Crippen LogP contribution in [0.25, 0.3) is 6.08 Å². The van der Waals surface area contributed by atoms with Crippen LogP contribution in [0.4, 0.5) is 5.69 Å². The molecule has 0 atom stereocenters. The van der Waals surface area contributed by atoms with E-state index in [0.717, 1.165) is 0 Å². The van der Waals surface area contributed by atoms with Crippen molar-refractivity contribution in [1.82, 2.24) is 0 Å². The van der Waals surface area contributed by atoms with Gasteiger partial charge in [0.1, 0.15) is 14.1 Å². The van der Waals surface area contributed by atoms with Gasteiger partial charge in [-0.1, -0.05) is 36.4 Å². The van der Waals surface area contributed by atoms with Crippen LogP contribution in [0.15, 0.2) is 71.9 Å². The molecule has 2 heteroatoms. The maximum atomic E-state index is 2.21.